The van der Waals surface area contributed by atoms with Gasteiger partial charge in [-0.2, -0.15) is 0 Å². The fraction of sp³-hybridized carbons (Fsp3) is 0.231. The van der Waals surface area contributed by atoms with Crippen LogP contribution in [-0.2, 0) is 6.42 Å². The minimum absolute atomic E-state index is 1.12. The molecule has 3 heteroatoms. The van der Waals surface area contributed by atoms with E-state index >= 15 is 0 Å². The van der Waals surface area contributed by atoms with E-state index in [9.17, 15) is 0 Å². The van der Waals surface area contributed by atoms with E-state index in [1.54, 1.807) is 0 Å². The van der Waals surface area contributed by atoms with Crippen LogP contribution in [0.15, 0.2) is 27.8 Å². The lowest BCUT2D eigenvalue weighted by molar-refractivity contribution is 1.12. The number of aryl methyl sites for hydroxylation is 1. The zero-order valence-electron chi connectivity index (χ0n) is 9.24. The first kappa shape index (κ1) is 10.6. The molecule has 0 N–H and O–H groups in total. The third-order valence-corrected chi connectivity index (χ3v) is 5.81. The number of thiophene rings is 2. The van der Waals surface area contributed by atoms with Gasteiger partial charge >= 0.3 is 0 Å². The van der Waals surface area contributed by atoms with E-state index in [0.29, 0.717) is 0 Å². The smallest absolute Gasteiger partial charge is 0.0495 e. The molecule has 0 nitrogen and oxygen atoms in total. The van der Waals surface area contributed by atoms with Crippen LogP contribution in [0.25, 0.3) is 20.2 Å². The van der Waals surface area contributed by atoms with E-state index < -0.39 is 0 Å². The van der Waals surface area contributed by atoms with Gasteiger partial charge in [-0.25, -0.2) is 0 Å². The maximum Gasteiger partial charge on any atom is 0.0495 e. The third kappa shape index (κ3) is 1.35. The van der Waals surface area contributed by atoms with Gasteiger partial charge in [0.05, 0.1) is 0 Å². The lowest BCUT2D eigenvalue weighted by atomic mass is 10.1. The van der Waals surface area contributed by atoms with Crippen LogP contribution in [-0.4, -0.2) is 6.26 Å². The quantitative estimate of drug-likeness (QED) is 0.558. The van der Waals surface area contributed by atoms with E-state index in [1.165, 1.54) is 30.6 Å². The molecule has 3 rings (SSSR count). The highest BCUT2D eigenvalue weighted by Crippen LogP contribution is 2.42. The molecule has 2 aromatic heterocycles. The largest absolute Gasteiger partial charge is 0.143 e. The van der Waals surface area contributed by atoms with Crippen molar-refractivity contribution in [2.45, 2.75) is 18.2 Å². The molecule has 0 unspecified atom stereocenters. The predicted molar refractivity (Wildman–Crippen MR) is 78.4 cm³/mol. The Balaban J connectivity index is 2.59. The fourth-order valence-corrected chi connectivity index (χ4v) is 5.32. The van der Waals surface area contributed by atoms with Gasteiger partial charge in [0.1, 0.15) is 0 Å². The third-order valence-electron chi connectivity index (χ3n) is 2.94. The monoisotopic (exact) mass is 264 g/mol. The van der Waals surface area contributed by atoms with Crippen molar-refractivity contribution in [3.8, 4) is 0 Å². The van der Waals surface area contributed by atoms with Crippen LogP contribution < -0.4 is 0 Å². The molecule has 0 radical (unpaired) electrons. The van der Waals surface area contributed by atoms with Crippen molar-refractivity contribution in [3.05, 3.63) is 28.5 Å². The maximum absolute atomic E-state index is 2.27. The van der Waals surface area contributed by atoms with Gasteiger partial charge in [0, 0.05) is 19.7 Å². The molecular formula is C13H12S3. The summed E-state index contributed by atoms with van der Waals surface area (Å²) >= 11 is 5.63. The number of hydrogen-bond donors (Lipinski definition) is 0. The summed E-state index contributed by atoms with van der Waals surface area (Å²) in [6, 6.07) is 4.54. The summed E-state index contributed by atoms with van der Waals surface area (Å²) in [6.45, 7) is 2.26. The average molecular weight is 264 g/mol. The second kappa shape index (κ2) is 4.06. The molecule has 82 valence electrons. The number of benzene rings is 1. The van der Waals surface area contributed by atoms with Gasteiger partial charge in [-0.05, 0) is 46.5 Å². The Hall–Kier alpha value is -0.510. The van der Waals surface area contributed by atoms with Crippen molar-refractivity contribution in [1.82, 2.24) is 0 Å². The first-order chi connectivity index (χ1) is 7.86. The average Bonchev–Trinajstić information content (AvgIpc) is 2.93. The maximum atomic E-state index is 2.27. The van der Waals surface area contributed by atoms with E-state index in [2.05, 4.69) is 36.1 Å². The SMILES string of the molecule is CCc1c(SC)c2sccc2c2sccc12. The second-order valence-corrected chi connectivity index (χ2v) is 6.34. The summed E-state index contributed by atoms with van der Waals surface area (Å²) in [7, 11) is 0. The molecule has 1 aromatic carbocycles. The molecule has 0 bridgehead atoms. The van der Waals surface area contributed by atoms with Crippen molar-refractivity contribution in [1.29, 1.82) is 0 Å². The second-order valence-electron chi connectivity index (χ2n) is 3.69. The van der Waals surface area contributed by atoms with Crippen molar-refractivity contribution in [2.75, 3.05) is 6.26 Å². The molecule has 0 aliphatic heterocycles. The minimum Gasteiger partial charge on any atom is -0.143 e. The Morgan fingerprint density at radius 1 is 1.06 bits per heavy atom. The summed E-state index contributed by atoms with van der Waals surface area (Å²) in [5.41, 5.74) is 1.53. The van der Waals surface area contributed by atoms with Gasteiger partial charge in [-0.3, -0.25) is 0 Å². The van der Waals surface area contributed by atoms with Gasteiger partial charge < -0.3 is 0 Å². The van der Waals surface area contributed by atoms with Crippen molar-refractivity contribution >= 4 is 54.6 Å². The number of hydrogen-bond acceptors (Lipinski definition) is 3. The van der Waals surface area contributed by atoms with Gasteiger partial charge in [0.2, 0.25) is 0 Å². The molecule has 16 heavy (non-hydrogen) atoms. The lowest BCUT2D eigenvalue weighted by Gasteiger charge is -2.09. The number of thioether (sulfide) groups is 1. The van der Waals surface area contributed by atoms with Crippen LogP contribution in [0, 0.1) is 0 Å². The molecule has 3 aromatic rings. The predicted octanol–water partition coefficient (Wildman–Crippen LogP) is 5.40. The fourth-order valence-electron chi connectivity index (χ4n) is 2.25. The standard InChI is InChI=1S/C13H12S3/c1-3-8-9-4-6-15-11(9)10-5-7-16-13(10)12(8)14-2/h4-7H,3H2,1-2H3. The van der Waals surface area contributed by atoms with Gasteiger partial charge in [-0.1, -0.05) is 6.92 Å². The van der Waals surface area contributed by atoms with Crippen molar-refractivity contribution in [2.24, 2.45) is 0 Å². The highest BCUT2D eigenvalue weighted by Gasteiger charge is 2.14. The summed E-state index contributed by atoms with van der Waals surface area (Å²) in [4.78, 5) is 1.48. The molecule has 2 heterocycles. The lowest BCUT2D eigenvalue weighted by Crippen LogP contribution is -1.86. The highest BCUT2D eigenvalue weighted by molar-refractivity contribution is 7.99. The van der Waals surface area contributed by atoms with E-state index in [1.807, 2.05) is 34.4 Å². The Bertz CT molecular complexity index is 588. The Labute approximate surface area is 107 Å². The van der Waals surface area contributed by atoms with E-state index in [4.69, 9.17) is 0 Å². The molecular weight excluding hydrogens is 252 g/mol. The molecule has 0 atom stereocenters. The highest BCUT2D eigenvalue weighted by atomic mass is 32.2. The molecule has 0 amide bonds. The van der Waals surface area contributed by atoms with Crippen LogP contribution >= 0.6 is 34.4 Å². The molecule has 0 spiro atoms. The zero-order chi connectivity index (χ0) is 11.1. The zero-order valence-corrected chi connectivity index (χ0v) is 11.7. The van der Waals surface area contributed by atoms with Crippen LogP contribution in [0.1, 0.15) is 12.5 Å². The topological polar surface area (TPSA) is 0 Å². The van der Waals surface area contributed by atoms with Crippen LogP contribution in [0.2, 0.25) is 0 Å². The Morgan fingerprint density at radius 2 is 1.75 bits per heavy atom. The van der Waals surface area contributed by atoms with Gasteiger partial charge in [0.25, 0.3) is 0 Å². The van der Waals surface area contributed by atoms with Crippen LogP contribution in [0.4, 0.5) is 0 Å². The summed E-state index contributed by atoms with van der Waals surface area (Å²) < 4.78 is 2.94. The molecule has 0 fully saturated rings. The number of rotatable bonds is 2. The molecule has 0 aliphatic rings. The normalized spacial score (nSPS) is 11.6. The van der Waals surface area contributed by atoms with Crippen molar-refractivity contribution in [3.63, 3.8) is 0 Å². The molecule has 0 saturated carbocycles. The molecule has 0 saturated heterocycles. The number of fused-ring (bicyclic) bond motifs is 3. The Kier molecular flexibility index (Phi) is 2.70. The first-order valence-electron chi connectivity index (χ1n) is 5.30. The van der Waals surface area contributed by atoms with Crippen LogP contribution in [0.3, 0.4) is 0 Å². The van der Waals surface area contributed by atoms with Gasteiger partial charge in [0.15, 0.2) is 0 Å². The summed E-state index contributed by atoms with van der Waals surface area (Å²) in [5, 5.41) is 7.33. The Morgan fingerprint density at radius 3 is 2.44 bits per heavy atom. The van der Waals surface area contributed by atoms with Crippen LogP contribution in [0.5, 0.6) is 0 Å². The minimum atomic E-state index is 1.12. The van der Waals surface area contributed by atoms with E-state index in [-0.39, 0.29) is 0 Å². The summed E-state index contributed by atoms with van der Waals surface area (Å²) in [5.74, 6) is 0. The van der Waals surface area contributed by atoms with E-state index in [0.717, 1.165) is 6.42 Å². The summed E-state index contributed by atoms with van der Waals surface area (Å²) in [6.07, 6.45) is 3.31. The molecule has 0 aliphatic carbocycles. The van der Waals surface area contributed by atoms with Gasteiger partial charge in [-0.15, -0.1) is 34.4 Å². The first-order valence-corrected chi connectivity index (χ1v) is 8.28. The van der Waals surface area contributed by atoms with Crippen molar-refractivity contribution < 1.29 is 0 Å².